The zero-order chi connectivity index (χ0) is 22.1. The van der Waals surface area contributed by atoms with Gasteiger partial charge < -0.3 is 0 Å². The van der Waals surface area contributed by atoms with E-state index in [0.29, 0.717) is 10.5 Å². The summed E-state index contributed by atoms with van der Waals surface area (Å²) in [5, 5.41) is 0.832. The monoisotopic (exact) mass is 434 g/mol. The van der Waals surface area contributed by atoms with Gasteiger partial charge in [0.25, 0.3) is 0 Å². The standard InChI is InChI=1S/C31H30S/c1-31(2,3)32(4,29-25-17-9-5-13-21(25)22-14-6-10-18-26(22)29)30-27-19-11-7-15-23(27)24-16-8-12-20-28(24)30/h5-20,29-30H,1-4H3. The van der Waals surface area contributed by atoms with Gasteiger partial charge in [-0.3, -0.25) is 0 Å². The summed E-state index contributed by atoms with van der Waals surface area (Å²) >= 11 is 0. The van der Waals surface area contributed by atoms with E-state index in [2.05, 4.69) is 124 Å². The second-order valence-electron chi connectivity index (χ2n) is 10.3. The Balaban J connectivity index is 1.69. The SMILES string of the molecule is CC(C)(C)S(C)(C1c2ccccc2-c2ccccc21)C1c2ccccc2-c2ccccc21. The van der Waals surface area contributed by atoms with Gasteiger partial charge in [0, 0.05) is 10.5 Å². The molecule has 32 heavy (non-hydrogen) atoms. The summed E-state index contributed by atoms with van der Waals surface area (Å²) in [4.78, 5) is 0. The lowest BCUT2D eigenvalue weighted by molar-refractivity contribution is 0.767. The summed E-state index contributed by atoms with van der Waals surface area (Å²) in [6, 6.07) is 36.6. The van der Waals surface area contributed by atoms with Crippen LogP contribution in [0.3, 0.4) is 0 Å². The number of hydrogen-bond donors (Lipinski definition) is 0. The summed E-state index contributed by atoms with van der Waals surface area (Å²) in [7, 11) is -1.27. The maximum absolute atomic E-state index is 2.64. The highest BCUT2D eigenvalue weighted by atomic mass is 32.3. The first-order valence-electron chi connectivity index (χ1n) is 11.5. The minimum Gasteiger partial charge on any atom is -0.217 e. The van der Waals surface area contributed by atoms with Gasteiger partial charge in [-0.2, -0.15) is 0 Å². The molecule has 0 nitrogen and oxygen atoms in total. The van der Waals surface area contributed by atoms with Crippen LogP contribution in [0.4, 0.5) is 0 Å². The molecule has 0 bridgehead atoms. The molecule has 2 aliphatic rings. The molecule has 0 N–H and O–H groups in total. The van der Waals surface area contributed by atoms with Crippen LogP contribution in [0.1, 0.15) is 53.5 Å². The van der Waals surface area contributed by atoms with Crippen molar-refractivity contribution in [2.24, 2.45) is 0 Å². The van der Waals surface area contributed by atoms with E-state index in [-0.39, 0.29) is 4.75 Å². The average Bonchev–Trinajstić information content (AvgIpc) is 3.32. The molecule has 0 saturated carbocycles. The highest BCUT2D eigenvalue weighted by Gasteiger charge is 2.52. The topological polar surface area (TPSA) is 0 Å². The second-order valence-corrected chi connectivity index (χ2v) is 14.5. The van der Waals surface area contributed by atoms with Crippen LogP contribution < -0.4 is 0 Å². The molecule has 0 aromatic heterocycles. The first-order chi connectivity index (χ1) is 15.4. The third-order valence-corrected chi connectivity index (χ3v) is 13.5. The number of rotatable bonds is 2. The molecule has 0 aliphatic heterocycles. The summed E-state index contributed by atoms with van der Waals surface area (Å²) in [6.45, 7) is 7.44. The van der Waals surface area contributed by atoms with Gasteiger partial charge in [0.1, 0.15) is 0 Å². The zero-order valence-electron chi connectivity index (χ0n) is 19.3. The van der Waals surface area contributed by atoms with E-state index in [1.54, 1.807) is 0 Å². The Morgan fingerprint density at radius 1 is 0.469 bits per heavy atom. The van der Waals surface area contributed by atoms with Gasteiger partial charge in [-0.05, 0) is 55.5 Å². The fourth-order valence-corrected chi connectivity index (χ4v) is 10.7. The number of hydrogen-bond acceptors (Lipinski definition) is 0. The van der Waals surface area contributed by atoms with Crippen LogP contribution in [0, 0.1) is 0 Å². The third kappa shape index (κ3) is 2.52. The average molecular weight is 435 g/mol. The van der Waals surface area contributed by atoms with Gasteiger partial charge in [0.2, 0.25) is 0 Å². The molecular weight excluding hydrogens is 404 g/mol. The van der Waals surface area contributed by atoms with Crippen molar-refractivity contribution in [2.75, 3.05) is 6.26 Å². The van der Waals surface area contributed by atoms with E-state index in [0.717, 1.165) is 0 Å². The van der Waals surface area contributed by atoms with Crippen LogP contribution in [0.5, 0.6) is 0 Å². The molecule has 160 valence electrons. The summed E-state index contributed by atoms with van der Waals surface area (Å²) in [5.74, 6) is 0. The smallest absolute Gasteiger partial charge is 0.0414 e. The summed E-state index contributed by atoms with van der Waals surface area (Å²) in [5.41, 5.74) is 11.8. The normalized spacial score (nSPS) is 15.8. The maximum Gasteiger partial charge on any atom is 0.0414 e. The summed E-state index contributed by atoms with van der Waals surface area (Å²) < 4.78 is 0.150. The van der Waals surface area contributed by atoms with Crippen LogP contribution >= 0.6 is 10.0 Å². The number of fused-ring (bicyclic) bond motifs is 6. The van der Waals surface area contributed by atoms with Crippen molar-refractivity contribution < 1.29 is 0 Å². The van der Waals surface area contributed by atoms with E-state index in [1.165, 1.54) is 44.5 Å². The highest BCUT2D eigenvalue weighted by molar-refractivity contribution is 8.34. The van der Waals surface area contributed by atoms with Gasteiger partial charge in [0.05, 0.1) is 0 Å². The predicted molar refractivity (Wildman–Crippen MR) is 141 cm³/mol. The molecule has 0 amide bonds. The third-order valence-electron chi connectivity index (χ3n) is 7.85. The molecule has 0 spiro atoms. The second kappa shape index (κ2) is 6.86. The van der Waals surface area contributed by atoms with E-state index < -0.39 is 10.0 Å². The molecular formula is C31H30S. The number of benzene rings is 4. The highest BCUT2D eigenvalue weighted by Crippen LogP contribution is 2.80. The minimum absolute atomic E-state index is 0.150. The Morgan fingerprint density at radius 2 is 0.719 bits per heavy atom. The minimum atomic E-state index is -1.27. The molecule has 0 radical (unpaired) electrons. The lowest BCUT2D eigenvalue weighted by Crippen LogP contribution is -2.33. The molecule has 0 saturated heterocycles. The first-order valence-corrected chi connectivity index (χ1v) is 13.7. The lowest BCUT2D eigenvalue weighted by Gasteiger charge is -2.57. The predicted octanol–water partition coefficient (Wildman–Crippen LogP) is 8.76. The van der Waals surface area contributed by atoms with Crippen molar-refractivity contribution in [1.29, 1.82) is 0 Å². The Kier molecular flexibility index (Phi) is 4.26. The summed E-state index contributed by atoms with van der Waals surface area (Å²) in [6.07, 6.45) is 2.64. The van der Waals surface area contributed by atoms with Crippen LogP contribution in [0.2, 0.25) is 0 Å². The van der Waals surface area contributed by atoms with E-state index in [4.69, 9.17) is 0 Å². The van der Waals surface area contributed by atoms with E-state index in [9.17, 15) is 0 Å². The van der Waals surface area contributed by atoms with Crippen molar-refractivity contribution in [2.45, 2.75) is 36.0 Å². The molecule has 0 fully saturated rings. The lowest BCUT2D eigenvalue weighted by atomic mass is 10.1. The Labute approximate surface area is 193 Å². The molecule has 1 heteroatoms. The van der Waals surface area contributed by atoms with Crippen LogP contribution in [-0.4, -0.2) is 11.0 Å². The van der Waals surface area contributed by atoms with Gasteiger partial charge in [-0.1, -0.05) is 118 Å². The van der Waals surface area contributed by atoms with E-state index in [1.807, 2.05) is 0 Å². The van der Waals surface area contributed by atoms with Gasteiger partial charge in [0.15, 0.2) is 0 Å². The molecule has 0 atom stereocenters. The first kappa shape index (κ1) is 19.9. The Hall–Kier alpha value is -2.77. The van der Waals surface area contributed by atoms with Crippen molar-refractivity contribution in [3.8, 4) is 22.3 Å². The van der Waals surface area contributed by atoms with Crippen molar-refractivity contribution in [1.82, 2.24) is 0 Å². The molecule has 2 aliphatic carbocycles. The Morgan fingerprint density at radius 3 is 0.969 bits per heavy atom. The quantitative estimate of drug-likeness (QED) is 0.296. The van der Waals surface area contributed by atoms with Crippen LogP contribution in [0.15, 0.2) is 97.1 Å². The van der Waals surface area contributed by atoms with Crippen molar-refractivity contribution >= 4 is 10.0 Å². The fourth-order valence-electron chi connectivity index (χ4n) is 6.12. The molecule has 0 heterocycles. The molecule has 6 rings (SSSR count). The molecule has 0 unspecified atom stereocenters. The fraction of sp³-hybridized carbons (Fsp3) is 0.226. The molecule has 4 aromatic carbocycles. The zero-order valence-corrected chi connectivity index (χ0v) is 20.1. The van der Waals surface area contributed by atoms with Gasteiger partial charge >= 0.3 is 0 Å². The van der Waals surface area contributed by atoms with E-state index >= 15 is 0 Å². The van der Waals surface area contributed by atoms with Crippen LogP contribution in [0.25, 0.3) is 22.3 Å². The molecule has 4 aromatic rings. The Bertz CT molecular complexity index is 1150. The maximum atomic E-state index is 2.64. The van der Waals surface area contributed by atoms with Crippen molar-refractivity contribution in [3.63, 3.8) is 0 Å². The van der Waals surface area contributed by atoms with Crippen LogP contribution in [-0.2, 0) is 0 Å². The van der Waals surface area contributed by atoms with Crippen molar-refractivity contribution in [3.05, 3.63) is 119 Å². The van der Waals surface area contributed by atoms with Gasteiger partial charge in [-0.15, -0.1) is 0 Å². The van der Waals surface area contributed by atoms with Gasteiger partial charge in [-0.25, -0.2) is 10.0 Å². The largest absolute Gasteiger partial charge is 0.217 e.